The van der Waals surface area contributed by atoms with Crippen LogP contribution >= 0.6 is 0 Å². The van der Waals surface area contributed by atoms with Crippen molar-refractivity contribution in [2.24, 2.45) is 0 Å². The summed E-state index contributed by atoms with van der Waals surface area (Å²) in [7, 11) is 0. The maximum atomic E-state index is 11.2. The van der Waals surface area contributed by atoms with Gasteiger partial charge < -0.3 is 5.11 Å². The molecule has 0 heterocycles. The molecule has 0 atom stereocenters. The summed E-state index contributed by atoms with van der Waals surface area (Å²) >= 11 is 0. The third-order valence-corrected chi connectivity index (χ3v) is 4.08. The van der Waals surface area contributed by atoms with Gasteiger partial charge in [0, 0.05) is 0 Å². The van der Waals surface area contributed by atoms with Gasteiger partial charge in [0.15, 0.2) is 0 Å². The second-order valence-electron chi connectivity index (χ2n) is 5.02. The van der Waals surface area contributed by atoms with E-state index in [0.29, 0.717) is 5.92 Å². The van der Waals surface area contributed by atoms with E-state index in [1.807, 2.05) is 12.1 Å². The van der Waals surface area contributed by atoms with Crippen LogP contribution in [-0.4, -0.2) is 11.1 Å². The molecule has 1 aromatic rings. The zero-order chi connectivity index (χ0) is 12.5. The second-order valence-corrected chi connectivity index (χ2v) is 5.02. The lowest BCUT2D eigenvalue weighted by molar-refractivity contribution is -0.140. The van der Waals surface area contributed by atoms with Crippen LogP contribution in [0.15, 0.2) is 24.3 Å². The van der Waals surface area contributed by atoms with Crippen molar-refractivity contribution >= 4 is 5.97 Å². The minimum Gasteiger partial charge on any atom is -0.481 e. The summed E-state index contributed by atoms with van der Waals surface area (Å²) in [6.45, 7) is 4.39. The molecular formula is C15H20O2. The zero-order valence-corrected chi connectivity index (χ0v) is 10.6. The summed E-state index contributed by atoms with van der Waals surface area (Å²) in [6, 6.07) is 8.23. The normalized spacial score (nSPS) is 17.1. The van der Waals surface area contributed by atoms with Crippen molar-refractivity contribution in [3.8, 4) is 0 Å². The first-order valence-corrected chi connectivity index (χ1v) is 6.48. The number of rotatable bonds is 5. The van der Waals surface area contributed by atoms with Crippen LogP contribution in [0.5, 0.6) is 0 Å². The minimum atomic E-state index is -0.673. The summed E-state index contributed by atoms with van der Waals surface area (Å²) < 4.78 is 0. The van der Waals surface area contributed by atoms with Gasteiger partial charge in [0.05, 0.1) is 5.41 Å². The average molecular weight is 232 g/mol. The highest BCUT2D eigenvalue weighted by Crippen LogP contribution is 2.48. The fourth-order valence-corrected chi connectivity index (χ4v) is 2.59. The molecule has 1 aromatic carbocycles. The lowest BCUT2D eigenvalue weighted by atomic mass is 9.90. The number of carbonyl (C=O) groups is 1. The number of hydrogen-bond donors (Lipinski definition) is 1. The van der Waals surface area contributed by atoms with E-state index in [9.17, 15) is 9.90 Å². The quantitative estimate of drug-likeness (QED) is 0.840. The molecular weight excluding hydrogens is 212 g/mol. The molecule has 1 saturated carbocycles. The molecule has 1 aliphatic rings. The molecule has 0 aliphatic heterocycles. The van der Waals surface area contributed by atoms with Crippen molar-refractivity contribution < 1.29 is 9.90 Å². The Kier molecular flexibility index (Phi) is 3.23. The molecule has 92 valence electrons. The fourth-order valence-electron chi connectivity index (χ4n) is 2.59. The Morgan fingerprint density at radius 3 is 2.12 bits per heavy atom. The highest BCUT2D eigenvalue weighted by Gasteiger charge is 2.51. The van der Waals surface area contributed by atoms with Gasteiger partial charge in [0.25, 0.3) is 0 Å². The molecule has 0 unspecified atom stereocenters. The van der Waals surface area contributed by atoms with Gasteiger partial charge in [0.2, 0.25) is 0 Å². The third-order valence-electron chi connectivity index (χ3n) is 4.08. The van der Waals surface area contributed by atoms with Gasteiger partial charge in [-0.3, -0.25) is 4.79 Å². The van der Waals surface area contributed by atoms with E-state index in [1.54, 1.807) is 0 Å². The topological polar surface area (TPSA) is 37.3 Å². The number of aliphatic carboxylic acids is 1. The van der Waals surface area contributed by atoms with Crippen LogP contribution in [0.3, 0.4) is 0 Å². The summed E-state index contributed by atoms with van der Waals surface area (Å²) in [5.74, 6) is -0.0724. The number of hydrogen-bond acceptors (Lipinski definition) is 1. The van der Waals surface area contributed by atoms with Gasteiger partial charge >= 0.3 is 5.97 Å². The largest absolute Gasteiger partial charge is 0.481 e. The van der Waals surface area contributed by atoms with Gasteiger partial charge in [-0.1, -0.05) is 38.1 Å². The standard InChI is InChI=1S/C15H20O2/c1-3-11(4-2)12-5-7-13(8-6-12)15(9-10-15)14(16)17/h5-8,11H,3-4,9-10H2,1-2H3,(H,16,17). The van der Waals surface area contributed by atoms with Gasteiger partial charge in [0.1, 0.15) is 0 Å². The summed E-state index contributed by atoms with van der Waals surface area (Å²) in [5, 5.41) is 9.23. The molecule has 2 nitrogen and oxygen atoms in total. The molecule has 0 bridgehead atoms. The maximum Gasteiger partial charge on any atom is 0.314 e. The summed E-state index contributed by atoms with van der Waals surface area (Å²) in [4.78, 5) is 11.2. The van der Waals surface area contributed by atoms with Crippen molar-refractivity contribution in [1.29, 1.82) is 0 Å². The Bertz CT molecular complexity index is 397. The lowest BCUT2D eigenvalue weighted by Gasteiger charge is -2.15. The smallest absolute Gasteiger partial charge is 0.314 e. The molecule has 2 rings (SSSR count). The van der Waals surface area contributed by atoms with E-state index in [-0.39, 0.29) is 0 Å². The third kappa shape index (κ3) is 2.08. The minimum absolute atomic E-state index is 0.563. The number of carboxylic acids is 1. The Hall–Kier alpha value is -1.31. The van der Waals surface area contributed by atoms with Gasteiger partial charge in [-0.05, 0) is 42.7 Å². The van der Waals surface area contributed by atoms with Crippen molar-refractivity contribution in [2.75, 3.05) is 0 Å². The first-order chi connectivity index (χ1) is 8.14. The molecule has 0 radical (unpaired) electrons. The summed E-state index contributed by atoms with van der Waals surface area (Å²) in [5.41, 5.74) is 1.74. The fraction of sp³-hybridized carbons (Fsp3) is 0.533. The zero-order valence-electron chi connectivity index (χ0n) is 10.6. The first-order valence-electron chi connectivity index (χ1n) is 6.48. The van der Waals surface area contributed by atoms with E-state index in [4.69, 9.17) is 0 Å². The van der Waals surface area contributed by atoms with E-state index < -0.39 is 11.4 Å². The van der Waals surface area contributed by atoms with Crippen LogP contribution in [0, 0.1) is 0 Å². The van der Waals surface area contributed by atoms with Crippen LogP contribution in [0.1, 0.15) is 56.6 Å². The second kappa shape index (κ2) is 4.52. The van der Waals surface area contributed by atoms with Crippen molar-refractivity contribution in [3.63, 3.8) is 0 Å². The molecule has 0 aromatic heterocycles. The average Bonchev–Trinajstić information content (AvgIpc) is 3.13. The van der Waals surface area contributed by atoms with Crippen LogP contribution in [0.25, 0.3) is 0 Å². The van der Waals surface area contributed by atoms with Gasteiger partial charge in [-0.15, -0.1) is 0 Å². The van der Waals surface area contributed by atoms with Gasteiger partial charge in [-0.25, -0.2) is 0 Å². The molecule has 0 amide bonds. The number of benzene rings is 1. The predicted molar refractivity (Wildman–Crippen MR) is 68.3 cm³/mol. The Labute approximate surface area is 103 Å². The molecule has 1 fully saturated rings. The number of carboxylic acid groups (broad SMARTS) is 1. The lowest BCUT2D eigenvalue weighted by Crippen LogP contribution is -2.19. The molecule has 0 spiro atoms. The van der Waals surface area contributed by atoms with E-state index >= 15 is 0 Å². The van der Waals surface area contributed by atoms with Crippen molar-refractivity contribution in [3.05, 3.63) is 35.4 Å². The molecule has 2 heteroatoms. The van der Waals surface area contributed by atoms with Crippen LogP contribution in [-0.2, 0) is 10.2 Å². The predicted octanol–water partition coefficient (Wildman–Crippen LogP) is 3.71. The molecule has 1 N–H and O–H groups in total. The van der Waals surface area contributed by atoms with E-state index in [0.717, 1.165) is 31.2 Å². The Morgan fingerprint density at radius 1 is 1.24 bits per heavy atom. The van der Waals surface area contributed by atoms with Crippen molar-refractivity contribution in [2.45, 2.75) is 50.9 Å². The van der Waals surface area contributed by atoms with Crippen LogP contribution in [0.4, 0.5) is 0 Å². The Morgan fingerprint density at radius 2 is 1.76 bits per heavy atom. The SMILES string of the molecule is CCC(CC)c1ccc(C2(C(=O)O)CC2)cc1. The summed E-state index contributed by atoms with van der Waals surface area (Å²) in [6.07, 6.45) is 3.85. The first kappa shape index (κ1) is 12.2. The monoisotopic (exact) mass is 232 g/mol. The van der Waals surface area contributed by atoms with E-state index in [1.165, 1.54) is 5.56 Å². The molecule has 17 heavy (non-hydrogen) atoms. The van der Waals surface area contributed by atoms with E-state index in [2.05, 4.69) is 26.0 Å². The molecule has 1 aliphatic carbocycles. The maximum absolute atomic E-state index is 11.2. The van der Waals surface area contributed by atoms with Crippen LogP contribution < -0.4 is 0 Å². The van der Waals surface area contributed by atoms with Crippen LogP contribution in [0.2, 0.25) is 0 Å². The molecule has 0 saturated heterocycles. The van der Waals surface area contributed by atoms with Gasteiger partial charge in [-0.2, -0.15) is 0 Å². The highest BCUT2D eigenvalue weighted by molar-refractivity contribution is 5.84. The van der Waals surface area contributed by atoms with Crippen molar-refractivity contribution in [1.82, 2.24) is 0 Å². The highest BCUT2D eigenvalue weighted by atomic mass is 16.4. The Balaban J connectivity index is 2.22.